The summed E-state index contributed by atoms with van der Waals surface area (Å²) in [4.78, 5) is 11.2. The summed E-state index contributed by atoms with van der Waals surface area (Å²) in [7, 11) is 0. The minimum absolute atomic E-state index is 0.00238. The number of aromatic nitrogens is 1. The van der Waals surface area contributed by atoms with Crippen molar-refractivity contribution in [2.45, 2.75) is 52.1 Å². The Bertz CT molecular complexity index is 1160. The molecule has 4 rings (SSSR count). The van der Waals surface area contributed by atoms with Crippen molar-refractivity contribution in [1.82, 2.24) is 5.16 Å². The Hall–Kier alpha value is -3.52. The number of aryl methyl sites for hydroxylation is 3. The van der Waals surface area contributed by atoms with Crippen molar-refractivity contribution in [2.24, 2.45) is 0 Å². The Balaban J connectivity index is 1.58. The zero-order chi connectivity index (χ0) is 22.0. The van der Waals surface area contributed by atoms with Gasteiger partial charge in [-0.2, -0.15) is 0 Å². The molecule has 158 valence electrons. The summed E-state index contributed by atoms with van der Waals surface area (Å²) < 4.78 is 11.7. The maximum atomic E-state index is 11.2. The molecule has 1 N–H and O–H groups in total. The van der Waals surface area contributed by atoms with Gasteiger partial charge in [0.15, 0.2) is 0 Å². The molecule has 0 radical (unpaired) electrons. The molecule has 3 aromatic rings. The van der Waals surface area contributed by atoms with E-state index in [2.05, 4.69) is 35.2 Å². The molecule has 0 fully saturated rings. The summed E-state index contributed by atoms with van der Waals surface area (Å²) in [6.45, 7) is 5.61. The molecule has 1 aliphatic rings. The van der Waals surface area contributed by atoms with Crippen LogP contribution < -0.4 is 4.74 Å². The number of hydrogen-bond acceptors (Lipinski definition) is 4. The second kappa shape index (κ2) is 8.69. The zero-order valence-electron chi connectivity index (χ0n) is 17.9. The van der Waals surface area contributed by atoms with Crippen molar-refractivity contribution >= 4 is 5.97 Å². The molecule has 0 saturated carbocycles. The summed E-state index contributed by atoms with van der Waals surface area (Å²) in [5.41, 5.74) is 6.13. The third-order valence-electron chi connectivity index (χ3n) is 5.71. The first-order chi connectivity index (χ1) is 15.0. The van der Waals surface area contributed by atoms with Crippen LogP contribution in [0.2, 0.25) is 0 Å². The lowest BCUT2D eigenvalue weighted by molar-refractivity contribution is -0.137. The van der Waals surface area contributed by atoms with Crippen LogP contribution in [0.25, 0.3) is 11.1 Å². The van der Waals surface area contributed by atoms with Crippen molar-refractivity contribution in [1.29, 1.82) is 0 Å². The predicted molar refractivity (Wildman–Crippen MR) is 118 cm³/mol. The number of ether oxygens (including phenoxy) is 1. The third-order valence-corrected chi connectivity index (χ3v) is 5.71. The van der Waals surface area contributed by atoms with Gasteiger partial charge in [-0.1, -0.05) is 41.4 Å². The second-order valence-corrected chi connectivity index (χ2v) is 7.88. The molecule has 0 spiro atoms. The fourth-order valence-corrected chi connectivity index (χ4v) is 4.25. The van der Waals surface area contributed by atoms with Crippen LogP contribution in [0.4, 0.5) is 0 Å². The van der Waals surface area contributed by atoms with Crippen molar-refractivity contribution in [3.8, 4) is 28.7 Å². The van der Waals surface area contributed by atoms with Gasteiger partial charge >= 0.3 is 5.97 Å². The molecule has 0 aliphatic carbocycles. The quantitative estimate of drug-likeness (QED) is 0.549. The smallest absolute Gasteiger partial charge is 0.304 e. The highest BCUT2D eigenvalue weighted by molar-refractivity contribution is 5.69. The number of nitrogens with zero attached hydrogens (tertiary/aromatic N) is 1. The van der Waals surface area contributed by atoms with Gasteiger partial charge in [-0.15, -0.1) is 5.92 Å². The fourth-order valence-electron chi connectivity index (χ4n) is 4.25. The highest BCUT2D eigenvalue weighted by atomic mass is 16.5. The highest BCUT2D eigenvalue weighted by Gasteiger charge is 2.24. The Labute approximate surface area is 182 Å². The zero-order valence-corrected chi connectivity index (χ0v) is 17.9. The number of carboxylic acids is 1. The number of rotatable bonds is 5. The van der Waals surface area contributed by atoms with Crippen LogP contribution in [-0.2, 0) is 11.2 Å². The molecule has 2 aromatic carbocycles. The maximum Gasteiger partial charge on any atom is 0.304 e. The molecule has 2 heterocycles. The Morgan fingerprint density at radius 1 is 1.26 bits per heavy atom. The molecule has 1 aliphatic heterocycles. The van der Waals surface area contributed by atoms with Crippen LogP contribution >= 0.6 is 0 Å². The van der Waals surface area contributed by atoms with E-state index in [9.17, 15) is 9.90 Å². The minimum Gasteiger partial charge on any atom is -0.485 e. The van der Waals surface area contributed by atoms with Crippen molar-refractivity contribution in [3.05, 3.63) is 70.6 Å². The number of aliphatic carboxylic acids is 1. The van der Waals surface area contributed by atoms with Crippen molar-refractivity contribution in [3.63, 3.8) is 0 Å². The fraction of sp³-hybridized carbons (Fsp3) is 0.308. The van der Waals surface area contributed by atoms with Gasteiger partial charge in [-0.3, -0.25) is 4.79 Å². The topological polar surface area (TPSA) is 72.6 Å². The summed E-state index contributed by atoms with van der Waals surface area (Å²) in [6.07, 6.45) is 1.68. The molecule has 0 bridgehead atoms. The van der Waals surface area contributed by atoms with Crippen LogP contribution in [0.1, 0.15) is 59.9 Å². The molecular weight excluding hydrogens is 390 g/mol. The number of hydrogen-bond donors (Lipinski definition) is 1. The van der Waals surface area contributed by atoms with E-state index in [1.807, 2.05) is 38.1 Å². The summed E-state index contributed by atoms with van der Waals surface area (Å²) in [5, 5.41) is 13.3. The van der Waals surface area contributed by atoms with Gasteiger partial charge in [0.25, 0.3) is 0 Å². The Morgan fingerprint density at radius 2 is 2.10 bits per heavy atom. The second-order valence-electron chi connectivity index (χ2n) is 7.88. The van der Waals surface area contributed by atoms with E-state index >= 15 is 0 Å². The first kappa shape index (κ1) is 20.7. The number of benzene rings is 2. The molecule has 1 aromatic heterocycles. The summed E-state index contributed by atoms with van der Waals surface area (Å²) in [5.74, 6) is 6.37. The lowest BCUT2D eigenvalue weighted by Crippen LogP contribution is -2.16. The summed E-state index contributed by atoms with van der Waals surface area (Å²) in [6, 6.07) is 14.3. The van der Waals surface area contributed by atoms with Crippen molar-refractivity contribution < 1.29 is 19.2 Å². The highest BCUT2D eigenvalue weighted by Crippen LogP contribution is 2.38. The van der Waals surface area contributed by atoms with E-state index in [0.717, 1.165) is 57.9 Å². The van der Waals surface area contributed by atoms with Crippen LogP contribution in [0.3, 0.4) is 0 Å². The lowest BCUT2D eigenvalue weighted by atomic mass is 9.90. The molecule has 5 nitrogen and oxygen atoms in total. The minimum atomic E-state index is -0.847. The van der Waals surface area contributed by atoms with Gasteiger partial charge in [-0.05, 0) is 68.0 Å². The predicted octanol–water partition coefficient (Wildman–Crippen LogP) is 5.61. The van der Waals surface area contributed by atoms with E-state index in [4.69, 9.17) is 9.26 Å². The molecule has 0 saturated heterocycles. The third kappa shape index (κ3) is 4.34. The van der Waals surface area contributed by atoms with Gasteiger partial charge in [0, 0.05) is 5.56 Å². The molecule has 0 amide bonds. The van der Waals surface area contributed by atoms with Crippen LogP contribution in [0.15, 0.2) is 47.0 Å². The molecular formula is C26H25NO4. The van der Waals surface area contributed by atoms with E-state index in [1.165, 1.54) is 0 Å². The van der Waals surface area contributed by atoms with Gasteiger partial charge < -0.3 is 14.4 Å². The first-order valence-corrected chi connectivity index (χ1v) is 10.4. The Kier molecular flexibility index (Phi) is 5.81. The van der Waals surface area contributed by atoms with E-state index < -0.39 is 5.97 Å². The Morgan fingerprint density at radius 3 is 2.81 bits per heavy atom. The van der Waals surface area contributed by atoms with Gasteiger partial charge in [0.1, 0.15) is 17.6 Å². The van der Waals surface area contributed by atoms with Crippen LogP contribution in [0, 0.1) is 25.7 Å². The normalized spacial score (nSPS) is 15.9. The number of fused-ring (bicyclic) bond motifs is 1. The standard InChI is InChI=1S/C26H25NO4/c1-4-6-18(15-25(28)29)19-9-11-24-21(13-19)10-12-23(30-24)20-7-5-8-22(14-20)26-16(2)27-31-17(26)3/h5,7-9,11,13-14,18,23H,10,12,15H2,1-3H3,(H,28,29)/t18-,23?/m0/s1. The van der Waals surface area contributed by atoms with Crippen molar-refractivity contribution in [2.75, 3.05) is 0 Å². The van der Waals surface area contributed by atoms with Gasteiger partial charge in [-0.25, -0.2) is 0 Å². The molecule has 5 heteroatoms. The largest absolute Gasteiger partial charge is 0.485 e. The SMILES string of the molecule is CC#C[C@@H](CC(=O)O)c1ccc2c(c1)CCC(c1cccc(-c3c(C)noc3C)c1)O2. The van der Waals surface area contributed by atoms with Crippen LogP contribution in [-0.4, -0.2) is 16.2 Å². The average molecular weight is 415 g/mol. The molecule has 31 heavy (non-hydrogen) atoms. The van der Waals surface area contributed by atoms with E-state index in [1.54, 1.807) is 6.92 Å². The monoisotopic (exact) mass is 415 g/mol. The van der Waals surface area contributed by atoms with Gasteiger partial charge in [0.05, 0.1) is 18.0 Å². The summed E-state index contributed by atoms with van der Waals surface area (Å²) >= 11 is 0. The number of carbonyl (C=O) groups is 1. The molecule has 1 unspecified atom stereocenters. The molecule has 2 atom stereocenters. The number of carboxylic acid groups (broad SMARTS) is 1. The average Bonchev–Trinajstić information content (AvgIpc) is 3.10. The first-order valence-electron chi connectivity index (χ1n) is 10.4. The maximum absolute atomic E-state index is 11.2. The van der Waals surface area contributed by atoms with E-state index in [-0.39, 0.29) is 18.4 Å². The lowest BCUT2D eigenvalue weighted by Gasteiger charge is -2.27. The van der Waals surface area contributed by atoms with Crippen LogP contribution in [0.5, 0.6) is 5.75 Å². The van der Waals surface area contributed by atoms with Gasteiger partial charge in [0.2, 0.25) is 0 Å². The van der Waals surface area contributed by atoms with E-state index in [0.29, 0.717) is 0 Å².